The van der Waals surface area contributed by atoms with Crippen molar-refractivity contribution in [3.8, 4) is 0 Å². The van der Waals surface area contributed by atoms with Crippen molar-refractivity contribution in [2.24, 2.45) is 5.92 Å². The molecular formula is C15H28N2OS. The smallest absolute Gasteiger partial charge is 0.185 e. The normalized spacial score (nSPS) is 14.4. The maximum atomic E-state index is 9.51. The van der Waals surface area contributed by atoms with Gasteiger partial charge in [0.05, 0.1) is 17.2 Å². The number of rotatable bonds is 8. The lowest BCUT2D eigenvalue weighted by Crippen LogP contribution is -2.27. The van der Waals surface area contributed by atoms with Gasteiger partial charge in [0.2, 0.25) is 0 Å². The molecular weight excluding hydrogens is 256 g/mol. The Morgan fingerprint density at radius 1 is 1.21 bits per heavy atom. The molecule has 4 heteroatoms. The molecule has 3 nitrogen and oxygen atoms in total. The van der Waals surface area contributed by atoms with Crippen molar-refractivity contribution >= 4 is 16.5 Å². The molecule has 0 aromatic carbocycles. The molecule has 0 amide bonds. The number of hydrogen-bond acceptors (Lipinski definition) is 4. The van der Waals surface area contributed by atoms with Gasteiger partial charge in [-0.15, -0.1) is 0 Å². The van der Waals surface area contributed by atoms with Crippen LogP contribution in [0.4, 0.5) is 5.13 Å². The van der Waals surface area contributed by atoms with E-state index in [-0.39, 0.29) is 6.61 Å². The zero-order valence-electron chi connectivity index (χ0n) is 12.9. The van der Waals surface area contributed by atoms with Crippen molar-refractivity contribution in [2.45, 2.75) is 60.0 Å². The predicted octanol–water partition coefficient (Wildman–Crippen LogP) is 4.02. The average molecular weight is 284 g/mol. The quantitative estimate of drug-likeness (QED) is 0.783. The number of aromatic nitrogens is 1. The molecule has 1 aromatic rings. The van der Waals surface area contributed by atoms with Gasteiger partial charge in [-0.1, -0.05) is 45.5 Å². The fourth-order valence-corrected chi connectivity index (χ4v) is 3.14. The van der Waals surface area contributed by atoms with Gasteiger partial charge in [0, 0.05) is 13.1 Å². The van der Waals surface area contributed by atoms with Crippen LogP contribution in [0.15, 0.2) is 0 Å². The zero-order valence-corrected chi connectivity index (χ0v) is 13.8. The Balaban J connectivity index is 2.95. The highest BCUT2D eigenvalue weighted by Gasteiger charge is 2.19. The second kappa shape index (κ2) is 7.85. The van der Waals surface area contributed by atoms with E-state index in [0.717, 1.165) is 35.2 Å². The highest BCUT2D eigenvalue weighted by molar-refractivity contribution is 7.15. The largest absolute Gasteiger partial charge is 0.391 e. The standard InChI is InChI=1S/C15H28N2OS/c1-6-11(4)9-17(8-3)15-16-14(12(5)7-2)13(10-18)19-15/h11-12,18H,6-10H2,1-5H3. The maximum Gasteiger partial charge on any atom is 0.185 e. The molecule has 1 N–H and O–H groups in total. The molecule has 1 heterocycles. The molecule has 0 aliphatic rings. The van der Waals surface area contributed by atoms with Gasteiger partial charge < -0.3 is 10.0 Å². The minimum Gasteiger partial charge on any atom is -0.391 e. The van der Waals surface area contributed by atoms with Crippen molar-refractivity contribution in [1.29, 1.82) is 0 Å². The van der Waals surface area contributed by atoms with Crippen LogP contribution < -0.4 is 4.90 Å². The SMILES string of the molecule is CCC(C)CN(CC)c1nc(C(C)CC)c(CO)s1. The molecule has 19 heavy (non-hydrogen) atoms. The Labute approximate surface area is 121 Å². The lowest BCUT2D eigenvalue weighted by Gasteiger charge is -2.23. The van der Waals surface area contributed by atoms with E-state index < -0.39 is 0 Å². The van der Waals surface area contributed by atoms with Crippen LogP contribution in [-0.4, -0.2) is 23.2 Å². The van der Waals surface area contributed by atoms with E-state index in [1.54, 1.807) is 11.3 Å². The van der Waals surface area contributed by atoms with Crippen LogP contribution in [0.3, 0.4) is 0 Å². The van der Waals surface area contributed by atoms with E-state index >= 15 is 0 Å². The van der Waals surface area contributed by atoms with E-state index in [9.17, 15) is 5.11 Å². The summed E-state index contributed by atoms with van der Waals surface area (Å²) in [6.45, 7) is 13.2. The third-order valence-electron chi connectivity index (χ3n) is 3.82. The van der Waals surface area contributed by atoms with Gasteiger partial charge in [0.1, 0.15) is 0 Å². The molecule has 0 spiro atoms. The van der Waals surface area contributed by atoms with Gasteiger partial charge in [0.15, 0.2) is 5.13 Å². The van der Waals surface area contributed by atoms with Crippen LogP contribution in [0, 0.1) is 5.92 Å². The van der Waals surface area contributed by atoms with Crippen molar-refractivity contribution in [1.82, 2.24) is 4.98 Å². The first-order valence-electron chi connectivity index (χ1n) is 7.42. The van der Waals surface area contributed by atoms with Crippen LogP contribution in [-0.2, 0) is 6.61 Å². The van der Waals surface area contributed by atoms with Crippen LogP contribution in [0.1, 0.15) is 63.9 Å². The molecule has 2 atom stereocenters. The zero-order chi connectivity index (χ0) is 14.4. The monoisotopic (exact) mass is 284 g/mol. The summed E-state index contributed by atoms with van der Waals surface area (Å²) in [5.74, 6) is 1.10. The van der Waals surface area contributed by atoms with E-state index in [2.05, 4.69) is 39.5 Å². The molecule has 110 valence electrons. The summed E-state index contributed by atoms with van der Waals surface area (Å²) in [5.41, 5.74) is 1.09. The van der Waals surface area contributed by atoms with Crippen molar-refractivity contribution in [3.05, 3.63) is 10.6 Å². The molecule has 0 fully saturated rings. The van der Waals surface area contributed by atoms with E-state index in [1.165, 1.54) is 6.42 Å². The van der Waals surface area contributed by atoms with Gasteiger partial charge in [-0.2, -0.15) is 0 Å². The third-order valence-corrected chi connectivity index (χ3v) is 4.94. The summed E-state index contributed by atoms with van der Waals surface area (Å²) in [6, 6.07) is 0. The lowest BCUT2D eigenvalue weighted by atomic mass is 10.0. The summed E-state index contributed by atoms with van der Waals surface area (Å²) in [6.07, 6.45) is 2.25. The maximum absolute atomic E-state index is 9.51. The summed E-state index contributed by atoms with van der Waals surface area (Å²) in [4.78, 5) is 8.17. The first-order chi connectivity index (χ1) is 9.07. The Kier molecular flexibility index (Phi) is 6.80. The Morgan fingerprint density at radius 2 is 1.89 bits per heavy atom. The van der Waals surface area contributed by atoms with Crippen molar-refractivity contribution < 1.29 is 5.11 Å². The number of aliphatic hydroxyl groups excluding tert-OH is 1. The fraction of sp³-hybridized carbons (Fsp3) is 0.800. The summed E-state index contributed by atoms with van der Waals surface area (Å²) < 4.78 is 0. The second-order valence-corrected chi connectivity index (χ2v) is 6.39. The molecule has 1 aromatic heterocycles. The molecule has 1 rings (SSSR count). The van der Waals surface area contributed by atoms with Gasteiger partial charge >= 0.3 is 0 Å². The number of thiazole rings is 1. The van der Waals surface area contributed by atoms with Crippen LogP contribution in [0.5, 0.6) is 0 Å². The summed E-state index contributed by atoms with van der Waals surface area (Å²) in [7, 11) is 0. The highest BCUT2D eigenvalue weighted by atomic mass is 32.1. The minimum atomic E-state index is 0.109. The molecule has 0 saturated carbocycles. The first-order valence-corrected chi connectivity index (χ1v) is 8.24. The number of anilines is 1. The van der Waals surface area contributed by atoms with Gasteiger partial charge in [0.25, 0.3) is 0 Å². The minimum absolute atomic E-state index is 0.109. The van der Waals surface area contributed by atoms with Crippen molar-refractivity contribution in [3.63, 3.8) is 0 Å². The average Bonchev–Trinajstić information content (AvgIpc) is 2.87. The topological polar surface area (TPSA) is 36.4 Å². The molecule has 2 unspecified atom stereocenters. The molecule has 0 aliphatic carbocycles. The third kappa shape index (κ3) is 4.18. The highest BCUT2D eigenvalue weighted by Crippen LogP contribution is 2.32. The number of aliphatic hydroxyl groups is 1. The summed E-state index contributed by atoms with van der Waals surface area (Å²) >= 11 is 1.65. The molecule has 0 radical (unpaired) electrons. The Morgan fingerprint density at radius 3 is 2.37 bits per heavy atom. The Hall–Kier alpha value is -0.610. The predicted molar refractivity (Wildman–Crippen MR) is 84.1 cm³/mol. The molecule has 0 bridgehead atoms. The lowest BCUT2D eigenvalue weighted by molar-refractivity contribution is 0.283. The van der Waals surface area contributed by atoms with Gasteiger partial charge in [-0.3, -0.25) is 0 Å². The van der Waals surface area contributed by atoms with Crippen LogP contribution in [0.2, 0.25) is 0 Å². The first kappa shape index (κ1) is 16.4. The van der Waals surface area contributed by atoms with Gasteiger partial charge in [-0.05, 0) is 25.2 Å². The van der Waals surface area contributed by atoms with Gasteiger partial charge in [-0.25, -0.2) is 4.98 Å². The van der Waals surface area contributed by atoms with Crippen molar-refractivity contribution in [2.75, 3.05) is 18.0 Å². The van der Waals surface area contributed by atoms with Crippen LogP contribution in [0.25, 0.3) is 0 Å². The van der Waals surface area contributed by atoms with E-state index in [1.807, 2.05) is 0 Å². The van der Waals surface area contributed by atoms with Crippen LogP contribution >= 0.6 is 11.3 Å². The summed E-state index contributed by atoms with van der Waals surface area (Å²) in [5, 5.41) is 10.6. The molecule has 0 saturated heterocycles. The molecule has 0 aliphatic heterocycles. The second-order valence-electron chi connectivity index (χ2n) is 5.32. The fourth-order valence-electron chi connectivity index (χ4n) is 2.03. The number of hydrogen-bond donors (Lipinski definition) is 1. The van der Waals surface area contributed by atoms with E-state index in [0.29, 0.717) is 11.8 Å². The van der Waals surface area contributed by atoms with E-state index in [4.69, 9.17) is 4.98 Å². The Bertz CT molecular complexity index is 378. The number of nitrogens with zero attached hydrogens (tertiary/aromatic N) is 2.